The highest BCUT2D eigenvalue weighted by Gasteiger charge is 2.24. The number of hydrogen-bond donors (Lipinski definition) is 1. The van der Waals surface area contributed by atoms with Gasteiger partial charge in [0.15, 0.2) is 0 Å². The van der Waals surface area contributed by atoms with E-state index in [-0.39, 0.29) is 0 Å². The Hall–Kier alpha value is -0.120. The molecule has 1 N–H and O–H groups in total. The summed E-state index contributed by atoms with van der Waals surface area (Å²) >= 11 is 0. The van der Waals surface area contributed by atoms with Gasteiger partial charge < -0.3 is 14.8 Å². The fraction of sp³-hybridized carbons (Fsp3) is 1.00. The Morgan fingerprint density at radius 3 is 2.61 bits per heavy atom. The third-order valence-corrected chi connectivity index (χ3v) is 4.02. The lowest BCUT2D eigenvalue weighted by molar-refractivity contribution is 0.0660. The third-order valence-electron chi connectivity index (χ3n) is 4.02. The fourth-order valence-corrected chi connectivity index (χ4v) is 2.95. The van der Waals surface area contributed by atoms with Gasteiger partial charge in [0.05, 0.1) is 13.2 Å². The van der Waals surface area contributed by atoms with Gasteiger partial charge in [0.1, 0.15) is 0 Å². The van der Waals surface area contributed by atoms with Crippen LogP contribution in [0.25, 0.3) is 0 Å². The van der Waals surface area contributed by atoms with Crippen LogP contribution < -0.4 is 5.32 Å². The summed E-state index contributed by atoms with van der Waals surface area (Å²) in [5.41, 5.74) is 0. The topological polar surface area (TPSA) is 30.5 Å². The van der Waals surface area contributed by atoms with Crippen LogP contribution in [0.5, 0.6) is 0 Å². The lowest BCUT2D eigenvalue weighted by Gasteiger charge is -2.23. The first-order valence-corrected chi connectivity index (χ1v) is 7.65. The highest BCUT2D eigenvalue weighted by atomic mass is 16.5. The molecule has 1 aliphatic rings. The minimum absolute atomic E-state index is 0.712. The third kappa shape index (κ3) is 6.72. The predicted octanol–water partition coefficient (Wildman–Crippen LogP) is 2.85. The van der Waals surface area contributed by atoms with Crippen LogP contribution in [0, 0.1) is 11.8 Å². The molecule has 0 heterocycles. The molecule has 108 valence electrons. The average Bonchev–Trinajstić information content (AvgIpc) is 2.91. The summed E-state index contributed by atoms with van der Waals surface area (Å²) < 4.78 is 10.5. The molecule has 0 aliphatic heterocycles. The van der Waals surface area contributed by atoms with E-state index in [1.807, 2.05) is 0 Å². The Kier molecular flexibility index (Phi) is 9.54. The van der Waals surface area contributed by atoms with Gasteiger partial charge in [-0.1, -0.05) is 32.6 Å². The van der Waals surface area contributed by atoms with Gasteiger partial charge >= 0.3 is 0 Å². The van der Waals surface area contributed by atoms with Gasteiger partial charge in [-0.2, -0.15) is 0 Å². The minimum Gasteiger partial charge on any atom is -0.382 e. The Balaban J connectivity index is 2.11. The number of methoxy groups -OCH3 is 1. The van der Waals surface area contributed by atoms with Crippen LogP contribution in [0.15, 0.2) is 0 Å². The highest BCUT2D eigenvalue weighted by molar-refractivity contribution is 4.77. The maximum absolute atomic E-state index is 5.55. The molecule has 0 spiro atoms. The Morgan fingerprint density at radius 1 is 1.17 bits per heavy atom. The van der Waals surface area contributed by atoms with Crippen molar-refractivity contribution in [1.29, 1.82) is 0 Å². The van der Waals surface area contributed by atoms with E-state index in [0.717, 1.165) is 31.6 Å². The summed E-state index contributed by atoms with van der Waals surface area (Å²) in [5.74, 6) is 1.82. The molecule has 18 heavy (non-hydrogen) atoms. The van der Waals surface area contributed by atoms with Crippen LogP contribution in [0.3, 0.4) is 0 Å². The van der Waals surface area contributed by atoms with Crippen LogP contribution in [-0.2, 0) is 9.47 Å². The molecule has 1 saturated carbocycles. The summed E-state index contributed by atoms with van der Waals surface area (Å²) in [5, 5.41) is 3.53. The number of hydrogen-bond acceptors (Lipinski definition) is 3. The van der Waals surface area contributed by atoms with E-state index >= 15 is 0 Å². The molecular formula is C15H31NO2. The van der Waals surface area contributed by atoms with E-state index in [4.69, 9.17) is 9.47 Å². The molecule has 1 atom stereocenters. The second kappa shape index (κ2) is 10.8. The van der Waals surface area contributed by atoms with Crippen molar-refractivity contribution in [1.82, 2.24) is 5.32 Å². The molecule has 1 rings (SSSR count). The zero-order valence-electron chi connectivity index (χ0n) is 12.2. The van der Waals surface area contributed by atoms with E-state index in [2.05, 4.69) is 12.2 Å². The monoisotopic (exact) mass is 257 g/mol. The molecule has 3 heteroatoms. The van der Waals surface area contributed by atoms with Gasteiger partial charge in [-0.05, 0) is 37.8 Å². The Morgan fingerprint density at radius 2 is 1.94 bits per heavy atom. The maximum atomic E-state index is 5.55. The van der Waals surface area contributed by atoms with Crippen LogP contribution in [0.2, 0.25) is 0 Å². The first-order valence-electron chi connectivity index (χ1n) is 7.65. The van der Waals surface area contributed by atoms with Gasteiger partial charge in [0.25, 0.3) is 0 Å². The summed E-state index contributed by atoms with van der Waals surface area (Å²) in [6.45, 7) is 6.81. The predicted molar refractivity (Wildman–Crippen MR) is 75.9 cm³/mol. The second-order valence-electron chi connectivity index (χ2n) is 5.36. The van der Waals surface area contributed by atoms with Crippen LogP contribution in [0.1, 0.15) is 45.4 Å². The molecule has 0 aromatic carbocycles. The molecule has 1 unspecified atom stereocenters. The number of rotatable bonds is 11. The molecule has 0 bridgehead atoms. The van der Waals surface area contributed by atoms with Crippen LogP contribution in [0.4, 0.5) is 0 Å². The minimum atomic E-state index is 0.712. The molecule has 0 aromatic heterocycles. The van der Waals surface area contributed by atoms with Crippen LogP contribution in [-0.4, -0.2) is 40.0 Å². The van der Waals surface area contributed by atoms with Gasteiger partial charge in [0.2, 0.25) is 0 Å². The van der Waals surface area contributed by atoms with E-state index in [0.29, 0.717) is 6.61 Å². The van der Waals surface area contributed by atoms with Gasteiger partial charge in [-0.3, -0.25) is 0 Å². The van der Waals surface area contributed by atoms with Crippen molar-refractivity contribution in [3.05, 3.63) is 0 Å². The first-order chi connectivity index (χ1) is 8.88. The Labute approximate surface area is 113 Å². The van der Waals surface area contributed by atoms with E-state index < -0.39 is 0 Å². The highest BCUT2D eigenvalue weighted by Crippen LogP contribution is 2.33. The number of ether oxygens (including phenoxy) is 2. The van der Waals surface area contributed by atoms with Gasteiger partial charge in [0, 0.05) is 13.7 Å². The van der Waals surface area contributed by atoms with E-state index in [9.17, 15) is 0 Å². The molecule has 0 radical (unpaired) electrons. The lowest BCUT2D eigenvalue weighted by atomic mass is 9.87. The van der Waals surface area contributed by atoms with Crippen molar-refractivity contribution >= 4 is 0 Å². The number of nitrogens with one attached hydrogen (secondary N) is 1. The van der Waals surface area contributed by atoms with E-state index in [1.165, 1.54) is 45.1 Å². The average molecular weight is 257 g/mol. The van der Waals surface area contributed by atoms with Crippen molar-refractivity contribution in [2.75, 3.05) is 40.0 Å². The van der Waals surface area contributed by atoms with Gasteiger partial charge in [-0.15, -0.1) is 0 Å². The van der Waals surface area contributed by atoms with Crippen molar-refractivity contribution < 1.29 is 9.47 Å². The molecular weight excluding hydrogens is 226 g/mol. The molecule has 0 saturated heterocycles. The van der Waals surface area contributed by atoms with Crippen LogP contribution >= 0.6 is 0 Å². The molecule has 1 aliphatic carbocycles. The largest absolute Gasteiger partial charge is 0.382 e. The lowest BCUT2D eigenvalue weighted by Crippen LogP contribution is -2.27. The summed E-state index contributed by atoms with van der Waals surface area (Å²) in [6.07, 6.45) is 8.28. The first kappa shape index (κ1) is 15.9. The zero-order chi connectivity index (χ0) is 13.1. The summed E-state index contributed by atoms with van der Waals surface area (Å²) in [4.78, 5) is 0. The van der Waals surface area contributed by atoms with Crippen molar-refractivity contribution in [2.45, 2.75) is 45.4 Å². The molecule has 3 nitrogen and oxygen atoms in total. The quantitative estimate of drug-likeness (QED) is 0.577. The molecule has 0 aromatic rings. The van der Waals surface area contributed by atoms with Gasteiger partial charge in [-0.25, -0.2) is 0 Å². The Bertz CT molecular complexity index is 181. The summed E-state index contributed by atoms with van der Waals surface area (Å²) in [7, 11) is 1.72. The van der Waals surface area contributed by atoms with Crippen molar-refractivity contribution in [3.8, 4) is 0 Å². The molecule has 0 amide bonds. The SMILES string of the molecule is CCNCC(CCCOCCOC)C1CCCC1. The fourth-order valence-electron chi connectivity index (χ4n) is 2.95. The zero-order valence-corrected chi connectivity index (χ0v) is 12.2. The normalized spacial score (nSPS) is 18.3. The smallest absolute Gasteiger partial charge is 0.0700 e. The van der Waals surface area contributed by atoms with Crippen molar-refractivity contribution in [3.63, 3.8) is 0 Å². The maximum Gasteiger partial charge on any atom is 0.0700 e. The van der Waals surface area contributed by atoms with Crippen molar-refractivity contribution in [2.24, 2.45) is 11.8 Å². The summed E-state index contributed by atoms with van der Waals surface area (Å²) in [6, 6.07) is 0. The van der Waals surface area contributed by atoms with E-state index in [1.54, 1.807) is 7.11 Å². The second-order valence-corrected chi connectivity index (χ2v) is 5.36. The molecule has 1 fully saturated rings. The standard InChI is InChI=1S/C15H31NO2/c1-3-16-13-15(14-7-4-5-8-14)9-6-10-18-12-11-17-2/h14-16H,3-13H2,1-2H3.